The summed E-state index contributed by atoms with van der Waals surface area (Å²) in [6.45, 7) is 5.81. The summed E-state index contributed by atoms with van der Waals surface area (Å²) in [6, 6.07) is 5.79. The summed E-state index contributed by atoms with van der Waals surface area (Å²) < 4.78 is 16.8. The van der Waals surface area contributed by atoms with Crippen molar-refractivity contribution in [3.8, 4) is 11.5 Å². The van der Waals surface area contributed by atoms with Gasteiger partial charge in [-0.2, -0.15) is 0 Å². The van der Waals surface area contributed by atoms with Crippen molar-refractivity contribution in [1.82, 2.24) is 5.32 Å². The van der Waals surface area contributed by atoms with Crippen LogP contribution < -0.4 is 14.8 Å². The number of ether oxygens (including phenoxy) is 3. The van der Waals surface area contributed by atoms with Gasteiger partial charge in [0.1, 0.15) is 11.5 Å². The highest BCUT2D eigenvalue weighted by molar-refractivity contribution is 5.42. The van der Waals surface area contributed by atoms with Crippen LogP contribution in [0.5, 0.6) is 11.5 Å². The molecule has 0 amide bonds. The summed E-state index contributed by atoms with van der Waals surface area (Å²) in [5.74, 6) is 1.65. The van der Waals surface area contributed by atoms with Gasteiger partial charge < -0.3 is 19.5 Å². The Bertz CT molecular complexity index is 418. The lowest BCUT2D eigenvalue weighted by Crippen LogP contribution is -2.46. The molecule has 0 saturated carbocycles. The van der Waals surface area contributed by atoms with Gasteiger partial charge in [0.05, 0.1) is 25.9 Å². The second-order valence-corrected chi connectivity index (χ2v) is 5.10. The van der Waals surface area contributed by atoms with Crippen LogP contribution in [0.1, 0.15) is 25.5 Å². The highest BCUT2D eigenvalue weighted by Crippen LogP contribution is 2.34. The fourth-order valence-electron chi connectivity index (χ4n) is 2.24. The molecule has 0 bridgehead atoms. The number of rotatable bonds is 3. The van der Waals surface area contributed by atoms with Gasteiger partial charge >= 0.3 is 0 Å². The highest BCUT2D eigenvalue weighted by atomic mass is 16.5. The normalized spacial score (nSPS) is 22.6. The zero-order chi connectivity index (χ0) is 13.2. The third-order valence-corrected chi connectivity index (χ3v) is 3.13. The topological polar surface area (TPSA) is 39.7 Å². The minimum Gasteiger partial charge on any atom is -0.497 e. The minimum atomic E-state index is -0.170. The number of benzene rings is 1. The summed E-state index contributed by atoms with van der Waals surface area (Å²) >= 11 is 0. The molecule has 4 heteroatoms. The van der Waals surface area contributed by atoms with Gasteiger partial charge in [-0.3, -0.25) is 0 Å². The molecule has 1 N–H and O–H groups in total. The standard InChI is InChI=1S/C14H21NO3/c1-14(2)9-15-8-13(18-14)11-7-10(16-3)5-6-12(11)17-4/h5-7,13,15H,8-9H2,1-4H3. The Morgan fingerprint density at radius 3 is 2.67 bits per heavy atom. The van der Waals surface area contributed by atoms with Gasteiger partial charge in [0, 0.05) is 18.7 Å². The fraction of sp³-hybridized carbons (Fsp3) is 0.571. The molecule has 100 valence electrons. The predicted molar refractivity (Wildman–Crippen MR) is 70.3 cm³/mol. The average Bonchev–Trinajstić information content (AvgIpc) is 2.36. The van der Waals surface area contributed by atoms with Crippen LogP contribution in [0.25, 0.3) is 0 Å². The van der Waals surface area contributed by atoms with Gasteiger partial charge in [-0.05, 0) is 32.0 Å². The van der Waals surface area contributed by atoms with Crippen molar-refractivity contribution in [2.24, 2.45) is 0 Å². The maximum atomic E-state index is 6.10. The first-order chi connectivity index (χ1) is 8.55. The van der Waals surface area contributed by atoms with E-state index >= 15 is 0 Å². The van der Waals surface area contributed by atoms with Crippen molar-refractivity contribution >= 4 is 0 Å². The van der Waals surface area contributed by atoms with Crippen molar-refractivity contribution < 1.29 is 14.2 Å². The average molecular weight is 251 g/mol. The van der Waals surface area contributed by atoms with Crippen LogP contribution >= 0.6 is 0 Å². The van der Waals surface area contributed by atoms with E-state index in [1.54, 1.807) is 14.2 Å². The van der Waals surface area contributed by atoms with E-state index in [0.29, 0.717) is 0 Å². The van der Waals surface area contributed by atoms with Crippen molar-refractivity contribution in [3.63, 3.8) is 0 Å². The Balaban J connectivity index is 2.30. The van der Waals surface area contributed by atoms with Crippen molar-refractivity contribution in [2.75, 3.05) is 27.3 Å². The van der Waals surface area contributed by atoms with Crippen LogP contribution in [0, 0.1) is 0 Å². The van der Waals surface area contributed by atoms with Gasteiger partial charge in [-0.1, -0.05) is 0 Å². The van der Waals surface area contributed by atoms with Crippen LogP contribution in [0.15, 0.2) is 18.2 Å². The lowest BCUT2D eigenvalue weighted by Gasteiger charge is -2.37. The maximum absolute atomic E-state index is 6.10. The molecule has 1 fully saturated rings. The molecule has 1 aliphatic heterocycles. The molecule has 4 nitrogen and oxygen atoms in total. The largest absolute Gasteiger partial charge is 0.497 e. The Morgan fingerprint density at radius 2 is 2.06 bits per heavy atom. The molecule has 1 saturated heterocycles. The third-order valence-electron chi connectivity index (χ3n) is 3.13. The lowest BCUT2D eigenvalue weighted by atomic mass is 10.0. The molecule has 0 spiro atoms. The summed E-state index contributed by atoms with van der Waals surface area (Å²) in [5, 5.41) is 3.39. The number of nitrogens with one attached hydrogen (secondary N) is 1. The van der Waals surface area contributed by atoms with Crippen molar-refractivity contribution in [3.05, 3.63) is 23.8 Å². The smallest absolute Gasteiger partial charge is 0.124 e. The maximum Gasteiger partial charge on any atom is 0.124 e. The molecule has 0 aromatic heterocycles. The Hall–Kier alpha value is -1.26. The van der Waals surface area contributed by atoms with Gasteiger partial charge in [-0.15, -0.1) is 0 Å². The molecule has 0 radical (unpaired) electrons. The second-order valence-electron chi connectivity index (χ2n) is 5.10. The van der Waals surface area contributed by atoms with Crippen LogP contribution in [0.2, 0.25) is 0 Å². The Morgan fingerprint density at radius 1 is 1.28 bits per heavy atom. The SMILES string of the molecule is COc1ccc(OC)c(C2CNCC(C)(C)O2)c1. The highest BCUT2D eigenvalue weighted by Gasteiger charge is 2.30. The van der Waals surface area contributed by atoms with E-state index in [1.807, 2.05) is 18.2 Å². The first-order valence-corrected chi connectivity index (χ1v) is 6.16. The molecular weight excluding hydrogens is 230 g/mol. The minimum absolute atomic E-state index is 0.0150. The Kier molecular flexibility index (Phi) is 3.78. The number of methoxy groups -OCH3 is 2. The summed E-state index contributed by atoms with van der Waals surface area (Å²) in [6.07, 6.45) is -0.0150. The van der Waals surface area contributed by atoms with Crippen LogP contribution in [0.4, 0.5) is 0 Å². The summed E-state index contributed by atoms with van der Waals surface area (Å²) in [7, 11) is 3.34. The van der Waals surface area contributed by atoms with Crippen LogP contribution in [-0.4, -0.2) is 32.9 Å². The van der Waals surface area contributed by atoms with Crippen molar-refractivity contribution in [1.29, 1.82) is 0 Å². The van der Waals surface area contributed by atoms with E-state index in [9.17, 15) is 0 Å². The Labute approximate surface area is 108 Å². The molecule has 1 heterocycles. The third kappa shape index (κ3) is 2.76. The molecule has 1 aliphatic rings. The number of morpholine rings is 1. The molecule has 1 atom stereocenters. The van der Waals surface area contributed by atoms with E-state index in [2.05, 4.69) is 19.2 Å². The van der Waals surface area contributed by atoms with Gasteiger partial charge in [0.25, 0.3) is 0 Å². The van der Waals surface area contributed by atoms with Crippen LogP contribution in [-0.2, 0) is 4.74 Å². The van der Waals surface area contributed by atoms with Crippen LogP contribution in [0.3, 0.4) is 0 Å². The number of hydrogen-bond acceptors (Lipinski definition) is 4. The van der Waals surface area contributed by atoms with E-state index < -0.39 is 0 Å². The summed E-state index contributed by atoms with van der Waals surface area (Å²) in [4.78, 5) is 0. The van der Waals surface area contributed by atoms with Gasteiger partial charge in [0.2, 0.25) is 0 Å². The monoisotopic (exact) mass is 251 g/mol. The molecule has 18 heavy (non-hydrogen) atoms. The quantitative estimate of drug-likeness (QED) is 0.893. The lowest BCUT2D eigenvalue weighted by molar-refractivity contribution is -0.0965. The molecule has 1 aromatic rings. The van der Waals surface area contributed by atoms with E-state index in [4.69, 9.17) is 14.2 Å². The first kappa shape index (κ1) is 13.2. The second kappa shape index (κ2) is 5.16. The molecule has 1 aromatic carbocycles. The van der Waals surface area contributed by atoms with Gasteiger partial charge in [0.15, 0.2) is 0 Å². The fourth-order valence-corrected chi connectivity index (χ4v) is 2.24. The zero-order valence-electron chi connectivity index (χ0n) is 11.4. The molecule has 0 aliphatic carbocycles. The van der Waals surface area contributed by atoms with Crippen molar-refractivity contribution in [2.45, 2.75) is 25.6 Å². The predicted octanol–water partition coefficient (Wildman–Crippen LogP) is 2.14. The first-order valence-electron chi connectivity index (χ1n) is 6.16. The van der Waals surface area contributed by atoms with E-state index in [1.165, 1.54) is 0 Å². The molecule has 2 rings (SSSR count). The van der Waals surface area contributed by atoms with E-state index in [0.717, 1.165) is 30.2 Å². The zero-order valence-corrected chi connectivity index (χ0v) is 11.4. The number of hydrogen-bond donors (Lipinski definition) is 1. The molecular formula is C14H21NO3. The summed E-state index contributed by atoms with van der Waals surface area (Å²) in [5.41, 5.74) is 0.855. The molecule has 1 unspecified atom stereocenters. The van der Waals surface area contributed by atoms with E-state index in [-0.39, 0.29) is 11.7 Å². The van der Waals surface area contributed by atoms with Gasteiger partial charge in [-0.25, -0.2) is 0 Å².